The van der Waals surface area contributed by atoms with Gasteiger partial charge in [0.15, 0.2) is 0 Å². The van der Waals surface area contributed by atoms with Crippen molar-refractivity contribution in [3.05, 3.63) is 0 Å². The average molecular weight is 134 g/mol. The second-order valence-corrected chi connectivity index (χ2v) is 1.42. The van der Waals surface area contributed by atoms with Gasteiger partial charge in [-0.1, -0.05) is 19.3 Å². The fourth-order valence-electron chi connectivity index (χ4n) is 0.337. The molecule has 2 N–H and O–H groups in total. The van der Waals surface area contributed by atoms with Crippen LogP contribution < -0.4 is 5.73 Å². The molecule has 48 valence electrons. The second kappa shape index (κ2) is 9.82. The molecule has 0 aliphatic carbocycles. The van der Waals surface area contributed by atoms with Crippen LogP contribution in [0.15, 0.2) is 0 Å². The summed E-state index contributed by atoms with van der Waals surface area (Å²) in [6.45, 7) is 2.14. The minimum absolute atomic E-state index is 0. The van der Waals surface area contributed by atoms with E-state index in [1.54, 1.807) is 0 Å². The molecule has 1 nitrogen and oxygen atoms in total. The zero-order valence-electron chi connectivity index (χ0n) is 5.11. The molecule has 8 heavy (non-hydrogen) atoms. The zero-order valence-corrected chi connectivity index (χ0v) is 5.92. The van der Waals surface area contributed by atoms with Crippen molar-refractivity contribution in [3.8, 4) is 12.0 Å². The van der Waals surface area contributed by atoms with Crippen LogP contribution in [0, 0.1) is 12.0 Å². The third-order valence-electron chi connectivity index (χ3n) is 0.757. The molecule has 0 rings (SSSR count). The largest absolute Gasteiger partial charge is 0.359 e. The Morgan fingerprint density at radius 3 is 2.50 bits per heavy atom. The SMILES string of the molecule is CCCCC#CN.Cl. The van der Waals surface area contributed by atoms with Crippen LogP contribution in [0.3, 0.4) is 0 Å². The molecule has 0 aromatic rings. The molecule has 0 saturated heterocycles. The van der Waals surface area contributed by atoms with Gasteiger partial charge >= 0.3 is 0 Å². The zero-order chi connectivity index (χ0) is 5.54. The van der Waals surface area contributed by atoms with Crippen LogP contribution in [0.5, 0.6) is 0 Å². The molecule has 0 unspecified atom stereocenters. The van der Waals surface area contributed by atoms with Crippen LogP contribution in [-0.2, 0) is 0 Å². The maximum Gasteiger partial charge on any atom is 0.0107 e. The lowest BCUT2D eigenvalue weighted by atomic mass is 10.3. The number of nitrogens with two attached hydrogens (primary N) is 1. The number of hydrogen-bond donors (Lipinski definition) is 1. The van der Waals surface area contributed by atoms with Gasteiger partial charge < -0.3 is 5.73 Å². The van der Waals surface area contributed by atoms with E-state index in [-0.39, 0.29) is 12.4 Å². The van der Waals surface area contributed by atoms with E-state index < -0.39 is 0 Å². The summed E-state index contributed by atoms with van der Waals surface area (Å²) < 4.78 is 0. The fourth-order valence-corrected chi connectivity index (χ4v) is 0.337. The van der Waals surface area contributed by atoms with Crippen molar-refractivity contribution in [2.45, 2.75) is 26.2 Å². The van der Waals surface area contributed by atoms with Crippen molar-refractivity contribution < 1.29 is 0 Å². The predicted molar refractivity (Wildman–Crippen MR) is 38.7 cm³/mol. The van der Waals surface area contributed by atoms with Crippen LogP contribution in [0.25, 0.3) is 0 Å². The molecule has 0 saturated carbocycles. The van der Waals surface area contributed by atoms with E-state index in [1.807, 2.05) is 0 Å². The summed E-state index contributed by atoms with van der Waals surface area (Å²) in [6, 6.07) is 2.35. The molecule has 0 aliphatic rings. The molecule has 0 heterocycles. The summed E-state index contributed by atoms with van der Waals surface area (Å²) >= 11 is 0. The van der Waals surface area contributed by atoms with Gasteiger partial charge in [0.25, 0.3) is 0 Å². The summed E-state index contributed by atoms with van der Waals surface area (Å²) in [5, 5.41) is 0. The van der Waals surface area contributed by atoms with Gasteiger partial charge in [-0.2, -0.15) is 0 Å². The number of halogens is 1. The van der Waals surface area contributed by atoms with Crippen molar-refractivity contribution >= 4 is 12.4 Å². The van der Waals surface area contributed by atoms with Gasteiger partial charge in [0.1, 0.15) is 0 Å². The van der Waals surface area contributed by atoms with Crippen molar-refractivity contribution in [3.63, 3.8) is 0 Å². The monoisotopic (exact) mass is 133 g/mol. The molecule has 0 aliphatic heterocycles. The molecule has 0 amide bonds. The number of hydrogen-bond acceptors (Lipinski definition) is 1. The first-order chi connectivity index (χ1) is 3.41. The topological polar surface area (TPSA) is 26.0 Å². The molecular formula is C6H12ClN. The van der Waals surface area contributed by atoms with Gasteiger partial charge in [0.05, 0.1) is 0 Å². The van der Waals surface area contributed by atoms with Crippen LogP contribution in [0.1, 0.15) is 26.2 Å². The van der Waals surface area contributed by atoms with Gasteiger partial charge in [0.2, 0.25) is 0 Å². The third kappa shape index (κ3) is 9.17. The average Bonchev–Trinajstić information content (AvgIpc) is 1.69. The Balaban J connectivity index is 0. The smallest absolute Gasteiger partial charge is 0.0107 e. The maximum atomic E-state index is 4.91. The molecule has 0 atom stereocenters. The maximum absolute atomic E-state index is 4.91. The molecular weight excluding hydrogens is 122 g/mol. The van der Waals surface area contributed by atoms with Crippen molar-refractivity contribution in [2.24, 2.45) is 5.73 Å². The van der Waals surface area contributed by atoms with Crippen LogP contribution in [0.2, 0.25) is 0 Å². The Kier molecular flexibility index (Phi) is 13.0. The highest BCUT2D eigenvalue weighted by molar-refractivity contribution is 5.85. The van der Waals surface area contributed by atoms with E-state index in [0.717, 1.165) is 6.42 Å². The highest BCUT2D eigenvalue weighted by Gasteiger charge is 1.73. The lowest BCUT2D eigenvalue weighted by Crippen LogP contribution is -1.76. The van der Waals surface area contributed by atoms with Crippen LogP contribution in [0.4, 0.5) is 0 Å². The summed E-state index contributed by atoms with van der Waals surface area (Å²) in [6.07, 6.45) is 3.33. The van der Waals surface area contributed by atoms with Crippen LogP contribution in [-0.4, -0.2) is 0 Å². The van der Waals surface area contributed by atoms with E-state index in [2.05, 4.69) is 18.9 Å². The van der Waals surface area contributed by atoms with Crippen molar-refractivity contribution in [1.29, 1.82) is 0 Å². The van der Waals surface area contributed by atoms with Gasteiger partial charge in [-0.15, -0.1) is 12.4 Å². The fraction of sp³-hybridized carbons (Fsp3) is 0.667. The highest BCUT2D eigenvalue weighted by atomic mass is 35.5. The Morgan fingerprint density at radius 1 is 1.50 bits per heavy atom. The summed E-state index contributed by atoms with van der Waals surface area (Å²) in [4.78, 5) is 0. The molecule has 0 aromatic heterocycles. The molecule has 0 fully saturated rings. The number of rotatable bonds is 2. The molecule has 2 heteroatoms. The lowest BCUT2D eigenvalue weighted by molar-refractivity contribution is 0.828. The standard InChI is InChI=1S/C6H11N.ClH/c1-2-3-4-5-6-7;/h2-4,7H2,1H3;1H. The van der Waals surface area contributed by atoms with Crippen molar-refractivity contribution in [2.75, 3.05) is 0 Å². The third-order valence-corrected chi connectivity index (χ3v) is 0.757. The van der Waals surface area contributed by atoms with Gasteiger partial charge in [-0.05, 0) is 6.42 Å². The second-order valence-electron chi connectivity index (χ2n) is 1.42. The predicted octanol–water partition coefficient (Wildman–Crippen LogP) is 1.52. The first-order valence-corrected chi connectivity index (χ1v) is 2.60. The Bertz CT molecular complexity index is 80.3. The highest BCUT2D eigenvalue weighted by Crippen LogP contribution is 1.89. The van der Waals surface area contributed by atoms with E-state index >= 15 is 0 Å². The molecule has 0 radical (unpaired) electrons. The van der Waals surface area contributed by atoms with Crippen molar-refractivity contribution in [1.82, 2.24) is 0 Å². The first kappa shape index (κ1) is 10.6. The molecule has 0 bridgehead atoms. The Morgan fingerprint density at radius 2 is 2.12 bits per heavy atom. The van der Waals surface area contributed by atoms with E-state index in [1.165, 1.54) is 12.8 Å². The van der Waals surface area contributed by atoms with Gasteiger partial charge in [0, 0.05) is 12.5 Å². The minimum Gasteiger partial charge on any atom is -0.359 e. The van der Waals surface area contributed by atoms with E-state index in [9.17, 15) is 0 Å². The van der Waals surface area contributed by atoms with Crippen LogP contribution >= 0.6 is 12.4 Å². The quantitative estimate of drug-likeness (QED) is 0.345. The number of unbranched alkanes of at least 4 members (excludes halogenated alkanes) is 2. The van der Waals surface area contributed by atoms with Gasteiger partial charge in [-0.25, -0.2) is 0 Å². The molecule has 0 spiro atoms. The summed E-state index contributed by atoms with van der Waals surface area (Å²) in [7, 11) is 0. The Hall–Kier alpha value is -0.350. The Labute approximate surface area is 57.1 Å². The minimum atomic E-state index is 0. The van der Waals surface area contributed by atoms with E-state index in [0.29, 0.717) is 0 Å². The first-order valence-electron chi connectivity index (χ1n) is 2.60. The lowest BCUT2D eigenvalue weighted by Gasteiger charge is -1.80. The molecule has 0 aromatic carbocycles. The van der Waals surface area contributed by atoms with E-state index in [4.69, 9.17) is 5.73 Å². The summed E-state index contributed by atoms with van der Waals surface area (Å²) in [5.74, 6) is 2.78. The van der Waals surface area contributed by atoms with Gasteiger partial charge in [-0.3, -0.25) is 0 Å². The summed E-state index contributed by atoms with van der Waals surface area (Å²) in [5.41, 5.74) is 4.91. The normalized spacial score (nSPS) is 6.12.